The van der Waals surface area contributed by atoms with Crippen molar-refractivity contribution in [3.63, 3.8) is 0 Å². The summed E-state index contributed by atoms with van der Waals surface area (Å²) in [7, 11) is -0.974. The Bertz CT molecular complexity index is 303. The number of hydrogen-bond donors (Lipinski definition) is 0. The summed E-state index contributed by atoms with van der Waals surface area (Å²) in [6.45, 7) is 8.38. The largest absolute Gasteiger partial charge is 0.360 e. The first kappa shape index (κ1) is 13.4. The lowest BCUT2D eigenvalue weighted by atomic mass is 10.7. The van der Waals surface area contributed by atoms with Crippen LogP contribution in [0.25, 0.3) is 0 Å². The molecule has 0 aromatic carbocycles. The van der Waals surface area contributed by atoms with Crippen molar-refractivity contribution < 1.29 is 4.74 Å². The van der Waals surface area contributed by atoms with E-state index in [4.69, 9.17) is 4.74 Å². The van der Waals surface area contributed by atoms with Crippen LogP contribution in [0.5, 0.6) is 0 Å². The molecular weight excluding hydrogens is 340 g/mol. The van der Waals surface area contributed by atoms with Gasteiger partial charge in [-0.05, 0) is 37.9 Å². The molecular formula is C9H16Br2N2OSi. The summed E-state index contributed by atoms with van der Waals surface area (Å²) in [4.78, 5) is 0. The number of halogens is 2. The van der Waals surface area contributed by atoms with Crippen molar-refractivity contribution >= 4 is 39.9 Å². The van der Waals surface area contributed by atoms with Gasteiger partial charge in [-0.3, -0.25) is 0 Å². The highest BCUT2D eigenvalue weighted by Crippen LogP contribution is 2.20. The average molecular weight is 356 g/mol. The Kier molecular flexibility index (Phi) is 5.01. The second-order valence-electron chi connectivity index (χ2n) is 4.66. The van der Waals surface area contributed by atoms with E-state index in [1.807, 2.05) is 6.20 Å². The van der Waals surface area contributed by atoms with Crippen LogP contribution in [-0.2, 0) is 11.5 Å². The van der Waals surface area contributed by atoms with Gasteiger partial charge in [0, 0.05) is 20.9 Å². The van der Waals surface area contributed by atoms with Crippen molar-refractivity contribution in [2.75, 3.05) is 6.61 Å². The second kappa shape index (κ2) is 5.61. The number of aromatic nitrogens is 2. The number of ether oxygens (including phenoxy) is 1. The molecule has 0 atom stereocenters. The highest BCUT2D eigenvalue weighted by atomic mass is 79.9. The maximum Gasteiger partial charge on any atom is 0.142 e. The molecule has 0 spiro atoms. The molecule has 0 amide bonds. The molecule has 0 saturated heterocycles. The summed E-state index contributed by atoms with van der Waals surface area (Å²) in [6.07, 6.45) is 1.90. The summed E-state index contributed by atoms with van der Waals surface area (Å²) >= 11 is 6.71. The monoisotopic (exact) mass is 354 g/mol. The Morgan fingerprint density at radius 2 is 2.07 bits per heavy atom. The number of nitrogens with zero attached hydrogens (tertiary/aromatic N) is 2. The molecule has 15 heavy (non-hydrogen) atoms. The van der Waals surface area contributed by atoms with Crippen molar-refractivity contribution in [1.82, 2.24) is 9.78 Å². The van der Waals surface area contributed by atoms with Gasteiger partial charge in [-0.15, -0.1) is 0 Å². The lowest BCUT2D eigenvalue weighted by molar-refractivity contribution is 0.0783. The van der Waals surface area contributed by atoms with E-state index in [0.29, 0.717) is 6.73 Å². The molecule has 0 radical (unpaired) electrons. The Labute approximate surface area is 108 Å². The van der Waals surface area contributed by atoms with E-state index in [-0.39, 0.29) is 0 Å². The van der Waals surface area contributed by atoms with E-state index < -0.39 is 8.07 Å². The molecule has 0 aliphatic rings. The summed E-state index contributed by atoms with van der Waals surface area (Å²) < 4.78 is 9.10. The van der Waals surface area contributed by atoms with Crippen molar-refractivity contribution in [3.8, 4) is 0 Å². The van der Waals surface area contributed by atoms with Gasteiger partial charge in [0.05, 0.1) is 4.47 Å². The van der Waals surface area contributed by atoms with Gasteiger partial charge in [-0.25, -0.2) is 4.68 Å². The predicted octanol–water partition coefficient (Wildman–Crippen LogP) is 3.72. The summed E-state index contributed by atoms with van der Waals surface area (Å²) in [5, 5.41) is 4.22. The first-order chi connectivity index (χ1) is 6.88. The van der Waals surface area contributed by atoms with Gasteiger partial charge in [-0.1, -0.05) is 19.6 Å². The van der Waals surface area contributed by atoms with Crippen LogP contribution >= 0.6 is 31.9 Å². The second-order valence-corrected chi connectivity index (χ2v) is 11.9. The fourth-order valence-corrected chi connectivity index (χ4v) is 2.35. The SMILES string of the molecule is C[Si](C)(C)CCOCn1cc(Br)c(Br)n1. The molecule has 1 rings (SSSR count). The van der Waals surface area contributed by atoms with E-state index >= 15 is 0 Å². The fraction of sp³-hybridized carbons (Fsp3) is 0.667. The molecule has 0 bridgehead atoms. The van der Waals surface area contributed by atoms with Gasteiger partial charge < -0.3 is 4.74 Å². The molecule has 0 unspecified atom stereocenters. The molecule has 1 aromatic heterocycles. The van der Waals surface area contributed by atoms with Gasteiger partial charge in [-0.2, -0.15) is 5.10 Å². The zero-order valence-corrected chi connectivity index (χ0v) is 13.4. The molecule has 1 aromatic rings. The minimum atomic E-state index is -0.974. The molecule has 0 saturated carbocycles. The molecule has 0 fully saturated rings. The van der Waals surface area contributed by atoms with E-state index in [2.05, 4.69) is 56.6 Å². The topological polar surface area (TPSA) is 27.1 Å². The van der Waals surface area contributed by atoms with Crippen molar-refractivity contribution in [1.29, 1.82) is 0 Å². The van der Waals surface area contributed by atoms with Gasteiger partial charge in [0.2, 0.25) is 0 Å². The minimum absolute atomic E-state index is 0.522. The molecule has 0 aliphatic carbocycles. The maximum absolute atomic E-state index is 5.56. The Hall–Kier alpha value is 0.347. The molecule has 6 heteroatoms. The van der Waals surface area contributed by atoms with Crippen LogP contribution in [0.4, 0.5) is 0 Å². The zero-order valence-electron chi connectivity index (χ0n) is 9.26. The van der Waals surface area contributed by atoms with Crippen LogP contribution in [0, 0.1) is 0 Å². The van der Waals surface area contributed by atoms with Gasteiger partial charge in [0.1, 0.15) is 11.3 Å². The third kappa shape index (κ3) is 5.28. The first-order valence-corrected chi connectivity index (χ1v) is 10.1. The Balaban J connectivity index is 2.26. The quantitative estimate of drug-likeness (QED) is 0.594. The van der Waals surface area contributed by atoms with Crippen LogP contribution in [0.2, 0.25) is 25.7 Å². The number of rotatable bonds is 5. The summed E-state index contributed by atoms with van der Waals surface area (Å²) in [6, 6.07) is 1.19. The zero-order chi connectivity index (χ0) is 11.5. The Morgan fingerprint density at radius 3 is 2.53 bits per heavy atom. The maximum atomic E-state index is 5.56. The normalized spacial score (nSPS) is 12.1. The third-order valence-corrected chi connectivity index (χ3v) is 5.30. The van der Waals surface area contributed by atoms with Crippen LogP contribution in [-0.4, -0.2) is 24.5 Å². The van der Waals surface area contributed by atoms with E-state index in [0.717, 1.165) is 15.7 Å². The molecule has 3 nitrogen and oxygen atoms in total. The molecule has 86 valence electrons. The molecule has 0 aliphatic heterocycles. The summed E-state index contributed by atoms with van der Waals surface area (Å²) in [5.74, 6) is 0. The van der Waals surface area contributed by atoms with Crippen LogP contribution in [0.3, 0.4) is 0 Å². The van der Waals surface area contributed by atoms with Crippen LogP contribution < -0.4 is 0 Å². The average Bonchev–Trinajstić information content (AvgIpc) is 2.39. The first-order valence-electron chi connectivity index (χ1n) is 4.85. The van der Waals surface area contributed by atoms with Gasteiger partial charge in [0.25, 0.3) is 0 Å². The predicted molar refractivity (Wildman–Crippen MR) is 71.7 cm³/mol. The van der Waals surface area contributed by atoms with E-state index in [1.54, 1.807) is 4.68 Å². The van der Waals surface area contributed by atoms with Crippen LogP contribution in [0.1, 0.15) is 0 Å². The highest BCUT2D eigenvalue weighted by molar-refractivity contribution is 9.13. The lowest BCUT2D eigenvalue weighted by Crippen LogP contribution is -2.22. The standard InChI is InChI=1S/C9H16Br2N2OSi/c1-15(2,3)5-4-14-7-13-6-8(10)9(11)12-13/h6H,4-5,7H2,1-3H3. The third-order valence-electron chi connectivity index (χ3n) is 1.90. The smallest absolute Gasteiger partial charge is 0.142 e. The van der Waals surface area contributed by atoms with Crippen molar-refractivity contribution in [2.24, 2.45) is 0 Å². The number of hydrogen-bond acceptors (Lipinski definition) is 2. The lowest BCUT2D eigenvalue weighted by Gasteiger charge is -2.15. The fourth-order valence-electron chi connectivity index (χ4n) is 0.976. The van der Waals surface area contributed by atoms with Crippen LogP contribution in [0.15, 0.2) is 15.3 Å². The Morgan fingerprint density at radius 1 is 1.40 bits per heavy atom. The van der Waals surface area contributed by atoms with Gasteiger partial charge in [0.15, 0.2) is 0 Å². The minimum Gasteiger partial charge on any atom is -0.360 e. The summed E-state index contributed by atoms with van der Waals surface area (Å²) in [5.41, 5.74) is 0. The molecule has 0 N–H and O–H groups in total. The highest BCUT2D eigenvalue weighted by Gasteiger charge is 2.12. The van der Waals surface area contributed by atoms with Gasteiger partial charge >= 0.3 is 0 Å². The molecule has 1 heterocycles. The van der Waals surface area contributed by atoms with E-state index in [9.17, 15) is 0 Å². The van der Waals surface area contributed by atoms with E-state index in [1.165, 1.54) is 6.04 Å². The van der Waals surface area contributed by atoms with Crippen molar-refractivity contribution in [2.45, 2.75) is 32.4 Å². The van der Waals surface area contributed by atoms with Crippen molar-refractivity contribution in [3.05, 3.63) is 15.3 Å².